The molecule has 2 aromatic rings. The lowest BCUT2D eigenvalue weighted by molar-refractivity contribution is 0.549. The number of thiophene rings is 1. The van der Waals surface area contributed by atoms with Gasteiger partial charge in [0.15, 0.2) is 0 Å². The van der Waals surface area contributed by atoms with E-state index in [1.165, 1.54) is 26.7 Å². The summed E-state index contributed by atoms with van der Waals surface area (Å²) in [7, 11) is 0. The lowest BCUT2D eigenvalue weighted by Gasteiger charge is -2.18. The van der Waals surface area contributed by atoms with Crippen LogP contribution in [0.2, 0.25) is 0 Å². The van der Waals surface area contributed by atoms with Crippen molar-refractivity contribution in [3.63, 3.8) is 0 Å². The van der Waals surface area contributed by atoms with E-state index >= 15 is 0 Å². The average molecular weight is 338 g/mol. The molecule has 19 heavy (non-hydrogen) atoms. The van der Waals surface area contributed by atoms with Gasteiger partial charge in [0.2, 0.25) is 0 Å². The summed E-state index contributed by atoms with van der Waals surface area (Å²) >= 11 is 5.40. The molecule has 0 radical (unpaired) electrons. The van der Waals surface area contributed by atoms with Gasteiger partial charge < -0.3 is 5.32 Å². The van der Waals surface area contributed by atoms with E-state index in [-0.39, 0.29) is 0 Å². The maximum atomic E-state index is 3.65. The Hall–Kier alpha value is -0.640. The second kappa shape index (κ2) is 6.69. The van der Waals surface area contributed by atoms with E-state index in [9.17, 15) is 0 Å². The van der Waals surface area contributed by atoms with Crippen molar-refractivity contribution in [3.05, 3.63) is 55.7 Å². The number of aryl methyl sites for hydroxylation is 2. The highest BCUT2D eigenvalue weighted by Crippen LogP contribution is 2.29. The van der Waals surface area contributed by atoms with E-state index in [1.54, 1.807) is 11.3 Å². The molecule has 0 saturated heterocycles. The number of nitrogens with one attached hydrogen (secondary N) is 1. The van der Waals surface area contributed by atoms with Gasteiger partial charge in [0, 0.05) is 15.9 Å². The van der Waals surface area contributed by atoms with Crippen molar-refractivity contribution in [3.8, 4) is 0 Å². The topological polar surface area (TPSA) is 12.0 Å². The highest BCUT2D eigenvalue weighted by Gasteiger charge is 2.15. The summed E-state index contributed by atoms with van der Waals surface area (Å²) in [6, 6.07) is 7.19. The number of benzene rings is 1. The zero-order valence-electron chi connectivity index (χ0n) is 11.7. The molecule has 0 spiro atoms. The predicted octanol–water partition coefficient (Wildman–Crippen LogP) is 5.02. The molecule has 1 unspecified atom stereocenters. The van der Waals surface area contributed by atoms with Crippen LogP contribution in [0.25, 0.3) is 0 Å². The smallest absolute Gasteiger partial charge is 0.0380 e. The molecule has 1 atom stereocenters. The van der Waals surface area contributed by atoms with E-state index in [0.717, 1.165) is 13.0 Å². The van der Waals surface area contributed by atoms with Crippen molar-refractivity contribution in [2.24, 2.45) is 0 Å². The van der Waals surface area contributed by atoms with E-state index in [2.05, 4.69) is 71.0 Å². The molecule has 1 heterocycles. The maximum absolute atomic E-state index is 3.65. The number of rotatable bonds is 5. The van der Waals surface area contributed by atoms with Crippen LogP contribution < -0.4 is 5.32 Å². The van der Waals surface area contributed by atoms with Crippen LogP contribution in [0.1, 0.15) is 35.2 Å². The van der Waals surface area contributed by atoms with Crippen LogP contribution in [0.15, 0.2) is 33.4 Å². The summed E-state index contributed by atoms with van der Waals surface area (Å²) in [4.78, 5) is 0. The van der Waals surface area contributed by atoms with Crippen molar-refractivity contribution in [1.29, 1.82) is 0 Å². The average Bonchev–Trinajstić information content (AvgIpc) is 2.73. The van der Waals surface area contributed by atoms with Gasteiger partial charge in [-0.25, -0.2) is 0 Å². The second-order valence-corrected chi connectivity index (χ2v) is 6.58. The van der Waals surface area contributed by atoms with Crippen LogP contribution in [0, 0.1) is 13.8 Å². The highest BCUT2D eigenvalue weighted by atomic mass is 79.9. The molecule has 102 valence electrons. The summed E-state index contributed by atoms with van der Waals surface area (Å²) < 4.78 is 1.22. The summed E-state index contributed by atoms with van der Waals surface area (Å²) in [6.07, 6.45) is 1.03. The quantitative estimate of drug-likeness (QED) is 0.807. The van der Waals surface area contributed by atoms with Gasteiger partial charge in [-0.2, -0.15) is 11.3 Å². The highest BCUT2D eigenvalue weighted by molar-refractivity contribution is 9.10. The van der Waals surface area contributed by atoms with Gasteiger partial charge in [0.25, 0.3) is 0 Å². The molecule has 0 amide bonds. The lowest BCUT2D eigenvalue weighted by Crippen LogP contribution is -2.22. The Kier molecular flexibility index (Phi) is 5.20. The first kappa shape index (κ1) is 14.8. The predicted molar refractivity (Wildman–Crippen MR) is 88.1 cm³/mol. The Labute approximate surface area is 128 Å². The first-order valence-corrected chi connectivity index (χ1v) is 8.36. The zero-order valence-corrected chi connectivity index (χ0v) is 14.1. The minimum atomic E-state index is 0.381. The fourth-order valence-electron chi connectivity index (χ4n) is 2.50. The molecule has 1 nitrogen and oxygen atoms in total. The molecule has 1 aromatic carbocycles. The van der Waals surface area contributed by atoms with Crippen LogP contribution >= 0.6 is 27.3 Å². The molecule has 3 heteroatoms. The van der Waals surface area contributed by atoms with E-state index in [0.29, 0.717) is 6.04 Å². The first-order chi connectivity index (χ1) is 9.10. The fraction of sp³-hybridized carbons (Fsp3) is 0.375. The third-order valence-corrected chi connectivity index (χ3v) is 4.94. The number of hydrogen-bond acceptors (Lipinski definition) is 2. The summed E-state index contributed by atoms with van der Waals surface area (Å²) in [5, 5.41) is 7.98. The van der Waals surface area contributed by atoms with Gasteiger partial charge in [0.05, 0.1) is 0 Å². The Morgan fingerprint density at radius 2 is 1.84 bits per heavy atom. The second-order valence-electron chi connectivity index (χ2n) is 4.99. The van der Waals surface area contributed by atoms with Crippen molar-refractivity contribution in [2.45, 2.75) is 33.2 Å². The maximum Gasteiger partial charge on any atom is 0.0380 e. The van der Waals surface area contributed by atoms with Gasteiger partial charge in [-0.1, -0.05) is 36.2 Å². The van der Waals surface area contributed by atoms with E-state index in [4.69, 9.17) is 0 Å². The van der Waals surface area contributed by atoms with Crippen LogP contribution in [0.3, 0.4) is 0 Å². The first-order valence-electron chi connectivity index (χ1n) is 6.62. The van der Waals surface area contributed by atoms with Gasteiger partial charge in [-0.05, 0) is 59.2 Å². The molecular weight excluding hydrogens is 318 g/mol. The minimum Gasteiger partial charge on any atom is -0.310 e. The third-order valence-electron chi connectivity index (χ3n) is 3.19. The van der Waals surface area contributed by atoms with Gasteiger partial charge in [-0.15, -0.1) is 0 Å². The molecule has 0 bridgehead atoms. The van der Waals surface area contributed by atoms with Crippen LogP contribution in [-0.4, -0.2) is 6.54 Å². The number of halogens is 1. The molecule has 2 rings (SSSR count). The Morgan fingerprint density at radius 1 is 1.16 bits per heavy atom. The number of hydrogen-bond donors (Lipinski definition) is 1. The van der Waals surface area contributed by atoms with Gasteiger partial charge >= 0.3 is 0 Å². The summed E-state index contributed by atoms with van der Waals surface area (Å²) in [5.41, 5.74) is 5.46. The molecular formula is C16H20BrNS. The van der Waals surface area contributed by atoms with Gasteiger partial charge in [-0.3, -0.25) is 0 Å². The summed E-state index contributed by atoms with van der Waals surface area (Å²) in [5.74, 6) is 0. The Morgan fingerprint density at radius 3 is 2.37 bits per heavy atom. The number of likely N-dealkylation sites (N-methyl/N-ethyl adjacent to an activating group) is 1. The van der Waals surface area contributed by atoms with Crippen LogP contribution in [-0.2, 0) is 6.42 Å². The van der Waals surface area contributed by atoms with Crippen LogP contribution in [0.4, 0.5) is 0 Å². The molecule has 0 fully saturated rings. The third kappa shape index (κ3) is 3.91. The van der Waals surface area contributed by atoms with Crippen molar-refractivity contribution in [1.82, 2.24) is 5.32 Å². The lowest BCUT2D eigenvalue weighted by atomic mass is 9.98. The van der Waals surface area contributed by atoms with E-state index < -0.39 is 0 Å². The molecule has 0 aliphatic rings. The van der Waals surface area contributed by atoms with Crippen molar-refractivity contribution in [2.75, 3.05) is 6.54 Å². The largest absolute Gasteiger partial charge is 0.310 e. The standard InChI is InChI=1S/C16H20BrNS/c1-4-18-16(14-9-19-10-15(14)17)8-13-6-11(2)5-12(3)7-13/h5-7,9-10,16,18H,4,8H2,1-3H3. The summed E-state index contributed by atoms with van der Waals surface area (Å²) in [6.45, 7) is 7.48. The zero-order chi connectivity index (χ0) is 13.8. The van der Waals surface area contributed by atoms with Gasteiger partial charge in [0.1, 0.15) is 0 Å². The molecule has 0 aliphatic carbocycles. The minimum absolute atomic E-state index is 0.381. The molecule has 0 saturated carbocycles. The SMILES string of the molecule is CCNC(Cc1cc(C)cc(C)c1)c1cscc1Br. The fourth-order valence-corrected chi connectivity index (χ4v) is 4.13. The molecule has 0 aliphatic heterocycles. The Balaban J connectivity index is 2.23. The molecule has 1 aromatic heterocycles. The Bertz CT molecular complexity index is 527. The normalized spacial score (nSPS) is 12.6. The van der Waals surface area contributed by atoms with Crippen molar-refractivity contribution >= 4 is 27.3 Å². The van der Waals surface area contributed by atoms with Crippen LogP contribution in [0.5, 0.6) is 0 Å². The molecule has 1 N–H and O–H groups in total. The monoisotopic (exact) mass is 337 g/mol. The van der Waals surface area contributed by atoms with E-state index in [1.807, 2.05) is 0 Å². The van der Waals surface area contributed by atoms with Crippen molar-refractivity contribution < 1.29 is 0 Å².